The van der Waals surface area contributed by atoms with E-state index in [1.807, 2.05) is 0 Å². The molecular weight excluding hydrogens is 209 g/mol. The number of carbonyl (C=O) groups excluding carboxylic acids is 1. The van der Waals surface area contributed by atoms with Gasteiger partial charge in [-0.25, -0.2) is 9.18 Å². The van der Waals surface area contributed by atoms with Crippen LogP contribution in [-0.4, -0.2) is 58.6 Å². The molecule has 7 heteroatoms. The first-order valence-electron chi connectivity index (χ1n) is 4.38. The quantitative estimate of drug-likeness (QED) is 0.620. The van der Waals surface area contributed by atoms with Crippen molar-refractivity contribution in [1.29, 1.82) is 0 Å². The number of hydrogen-bond acceptors (Lipinski definition) is 4. The molecule has 0 spiro atoms. The van der Waals surface area contributed by atoms with Gasteiger partial charge in [-0.05, 0) is 0 Å². The summed E-state index contributed by atoms with van der Waals surface area (Å²) in [5.74, 6) is -0.602. The molecular formula is C8H12FNO5. The first kappa shape index (κ1) is 11.7. The molecule has 1 aliphatic heterocycles. The largest absolute Gasteiger partial charge is 0.465 e. The van der Waals surface area contributed by atoms with Gasteiger partial charge in [-0.1, -0.05) is 0 Å². The van der Waals surface area contributed by atoms with Gasteiger partial charge in [-0.3, -0.25) is 9.69 Å². The summed E-state index contributed by atoms with van der Waals surface area (Å²) in [5.41, 5.74) is 0. The highest BCUT2D eigenvalue weighted by Gasteiger charge is 2.44. The molecule has 0 bridgehead atoms. The maximum absolute atomic E-state index is 13.0. The summed E-state index contributed by atoms with van der Waals surface area (Å²) in [4.78, 5) is 21.9. The van der Waals surface area contributed by atoms with Crippen LogP contribution in [0.5, 0.6) is 0 Å². The lowest BCUT2D eigenvalue weighted by atomic mass is 10.1. The topological polar surface area (TPSA) is 87.1 Å². The molecule has 0 radical (unpaired) electrons. The van der Waals surface area contributed by atoms with E-state index in [9.17, 15) is 19.1 Å². The minimum absolute atomic E-state index is 0.330. The molecule has 3 atom stereocenters. The highest BCUT2D eigenvalue weighted by molar-refractivity contribution is 5.67. The van der Waals surface area contributed by atoms with Gasteiger partial charge in [0.05, 0.1) is 12.6 Å². The third kappa shape index (κ3) is 2.56. The van der Waals surface area contributed by atoms with Crippen LogP contribution in [-0.2, 0) is 9.53 Å². The molecule has 0 saturated carbocycles. The number of nitrogens with zero attached hydrogens (tertiary/aromatic N) is 1. The molecule has 2 N–H and O–H groups in total. The van der Waals surface area contributed by atoms with Crippen molar-refractivity contribution in [2.45, 2.75) is 25.2 Å². The highest BCUT2D eigenvalue weighted by atomic mass is 19.1. The van der Waals surface area contributed by atoms with Crippen molar-refractivity contribution >= 4 is 12.1 Å². The fourth-order valence-corrected chi connectivity index (χ4v) is 1.47. The molecule has 1 amide bonds. The second kappa shape index (κ2) is 4.43. The fraction of sp³-hybridized carbons (Fsp3) is 0.750. The molecule has 1 heterocycles. The minimum atomic E-state index is -1.64. The Hall–Kier alpha value is -1.37. The number of esters is 1. The Kier molecular flexibility index (Phi) is 3.46. The van der Waals surface area contributed by atoms with Crippen molar-refractivity contribution in [3.63, 3.8) is 0 Å². The highest BCUT2D eigenvalue weighted by Crippen LogP contribution is 2.21. The van der Waals surface area contributed by atoms with Crippen molar-refractivity contribution in [2.24, 2.45) is 0 Å². The van der Waals surface area contributed by atoms with E-state index in [2.05, 4.69) is 4.74 Å². The Morgan fingerprint density at radius 1 is 1.60 bits per heavy atom. The molecule has 0 aromatic heterocycles. The van der Waals surface area contributed by atoms with Gasteiger partial charge in [-0.2, -0.15) is 0 Å². The Labute approximate surface area is 85.2 Å². The third-order valence-electron chi connectivity index (χ3n) is 2.24. The lowest BCUT2D eigenvalue weighted by molar-refractivity contribution is -0.143. The van der Waals surface area contributed by atoms with E-state index in [4.69, 9.17) is 5.11 Å². The monoisotopic (exact) mass is 221 g/mol. The second-order valence-electron chi connectivity index (χ2n) is 3.31. The van der Waals surface area contributed by atoms with E-state index in [1.54, 1.807) is 0 Å². The van der Waals surface area contributed by atoms with Crippen LogP contribution in [0.15, 0.2) is 0 Å². The standard InChI is InChI=1S/C8H12FNO5/c1-4(11)15-3-6-7(12)5(9)2-10(6)8(13)14/h5-7,12H,2-3H2,1H3,(H,13,14). The van der Waals surface area contributed by atoms with E-state index >= 15 is 0 Å². The number of ether oxygens (including phenoxy) is 1. The minimum Gasteiger partial charge on any atom is -0.465 e. The van der Waals surface area contributed by atoms with E-state index in [0.29, 0.717) is 0 Å². The Bertz CT molecular complexity index is 272. The van der Waals surface area contributed by atoms with Crippen molar-refractivity contribution in [3.8, 4) is 0 Å². The SMILES string of the molecule is CC(=O)OCC1C(O)C(F)CN1C(=O)O. The average Bonchev–Trinajstić information content (AvgIpc) is 2.41. The van der Waals surface area contributed by atoms with E-state index in [1.165, 1.54) is 0 Å². The van der Waals surface area contributed by atoms with Gasteiger partial charge in [0.2, 0.25) is 0 Å². The van der Waals surface area contributed by atoms with Crippen LogP contribution in [0, 0.1) is 0 Å². The van der Waals surface area contributed by atoms with Crippen molar-refractivity contribution in [3.05, 3.63) is 0 Å². The molecule has 15 heavy (non-hydrogen) atoms. The predicted molar refractivity (Wildman–Crippen MR) is 46.1 cm³/mol. The Morgan fingerprint density at radius 2 is 2.20 bits per heavy atom. The average molecular weight is 221 g/mol. The molecule has 3 unspecified atom stereocenters. The Morgan fingerprint density at radius 3 is 2.67 bits per heavy atom. The van der Waals surface area contributed by atoms with E-state index in [-0.39, 0.29) is 6.61 Å². The molecule has 0 aliphatic carbocycles. The number of rotatable bonds is 2. The summed E-state index contributed by atoms with van der Waals surface area (Å²) in [5, 5.41) is 18.0. The number of halogens is 1. The zero-order chi connectivity index (χ0) is 11.6. The summed E-state index contributed by atoms with van der Waals surface area (Å²) in [6.45, 7) is 0.422. The van der Waals surface area contributed by atoms with Crippen LogP contribution in [0.2, 0.25) is 0 Å². The van der Waals surface area contributed by atoms with Crippen LogP contribution in [0.4, 0.5) is 9.18 Å². The zero-order valence-corrected chi connectivity index (χ0v) is 8.09. The molecule has 1 fully saturated rings. The summed E-state index contributed by atoms with van der Waals surface area (Å²) in [6, 6.07) is -1.03. The van der Waals surface area contributed by atoms with Crippen molar-refractivity contribution in [2.75, 3.05) is 13.2 Å². The first-order chi connectivity index (χ1) is 6.93. The smallest absolute Gasteiger partial charge is 0.407 e. The van der Waals surface area contributed by atoms with Gasteiger partial charge in [0.15, 0.2) is 0 Å². The van der Waals surface area contributed by atoms with Crippen LogP contribution in [0.3, 0.4) is 0 Å². The summed E-state index contributed by atoms with van der Waals surface area (Å²) in [6.07, 6.45) is -4.42. The number of alkyl halides is 1. The molecule has 1 rings (SSSR count). The number of aliphatic hydroxyl groups excluding tert-OH is 1. The van der Waals surface area contributed by atoms with E-state index in [0.717, 1.165) is 11.8 Å². The normalized spacial score (nSPS) is 30.3. The summed E-state index contributed by atoms with van der Waals surface area (Å²) >= 11 is 0. The number of carboxylic acid groups (broad SMARTS) is 1. The number of hydrogen-bond donors (Lipinski definition) is 2. The maximum Gasteiger partial charge on any atom is 0.407 e. The van der Waals surface area contributed by atoms with Crippen LogP contribution < -0.4 is 0 Å². The molecule has 0 aromatic rings. The van der Waals surface area contributed by atoms with Gasteiger partial charge < -0.3 is 14.9 Å². The second-order valence-corrected chi connectivity index (χ2v) is 3.31. The third-order valence-corrected chi connectivity index (χ3v) is 2.24. The van der Waals surface area contributed by atoms with Gasteiger partial charge in [0.25, 0.3) is 0 Å². The van der Waals surface area contributed by atoms with Crippen LogP contribution >= 0.6 is 0 Å². The maximum atomic E-state index is 13.0. The lowest BCUT2D eigenvalue weighted by Crippen LogP contribution is -2.42. The summed E-state index contributed by atoms with van der Waals surface area (Å²) < 4.78 is 17.6. The molecule has 6 nitrogen and oxygen atoms in total. The summed E-state index contributed by atoms with van der Waals surface area (Å²) in [7, 11) is 0. The zero-order valence-electron chi connectivity index (χ0n) is 8.09. The van der Waals surface area contributed by atoms with Crippen LogP contribution in [0.25, 0.3) is 0 Å². The van der Waals surface area contributed by atoms with Gasteiger partial charge >= 0.3 is 12.1 Å². The molecule has 0 aromatic carbocycles. The van der Waals surface area contributed by atoms with Gasteiger partial charge in [-0.15, -0.1) is 0 Å². The number of amides is 1. The van der Waals surface area contributed by atoms with Crippen molar-refractivity contribution in [1.82, 2.24) is 4.90 Å². The molecule has 1 aliphatic rings. The fourth-order valence-electron chi connectivity index (χ4n) is 1.47. The first-order valence-corrected chi connectivity index (χ1v) is 4.38. The van der Waals surface area contributed by atoms with Gasteiger partial charge in [0.1, 0.15) is 18.9 Å². The predicted octanol–water partition coefficient (Wildman–Crippen LogP) is -0.389. The number of likely N-dealkylation sites (tertiary alicyclic amines) is 1. The number of carbonyl (C=O) groups is 2. The molecule has 1 saturated heterocycles. The van der Waals surface area contributed by atoms with Gasteiger partial charge in [0, 0.05) is 6.92 Å². The number of aliphatic hydroxyl groups is 1. The van der Waals surface area contributed by atoms with Crippen LogP contribution in [0.1, 0.15) is 6.92 Å². The molecule has 86 valence electrons. The lowest BCUT2D eigenvalue weighted by Gasteiger charge is -2.22. The van der Waals surface area contributed by atoms with Crippen molar-refractivity contribution < 1.29 is 28.9 Å². The van der Waals surface area contributed by atoms with E-state index < -0.39 is 36.9 Å². The Balaban J connectivity index is 2.64.